The zero-order chi connectivity index (χ0) is 26.6. The van der Waals surface area contributed by atoms with Crippen LogP contribution >= 0.6 is 0 Å². The number of anilines is 3. The number of alkyl halides is 3. The number of aromatic nitrogens is 4. The largest absolute Gasteiger partial charge is 0.417 e. The van der Waals surface area contributed by atoms with Crippen molar-refractivity contribution in [1.82, 2.24) is 19.9 Å². The van der Waals surface area contributed by atoms with Crippen molar-refractivity contribution >= 4 is 17.5 Å². The van der Waals surface area contributed by atoms with Crippen LogP contribution in [0.5, 0.6) is 0 Å². The Bertz CT molecular complexity index is 1540. The molecule has 0 atom stereocenters. The van der Waals surface area contributed by atoms with E-state index < -0.39 is 11.7 Å². The van der Waals surface area contributed by atoms with Crippen LogP contribution in [0.3, 0.4) is 0 Å². The number of nitrogens with zero attached hydrogens (tertiary/aromatic N) is 5. The lowest BCUT2D eigenvalue weighted by Gasteiger charge is -2.39. The topological polar surface area (TPSA) is 73.0 Å². The number of fused-ring (bicyclic) bond motifs is 1. The minimum atomic E-state index is -4.46. The van der Waals surface area contributed by atoms with Gasteiger partial charge in [-0.15, -0.1) is 0 Å². The number of aryl methyl sites for hydroxylation is 1. The fourth-order valence-electron chi connectivity index (χ4n) is 4.69. The van der Waals surface area contributed by atoms with Crippen LogP contribution in [0.15, 0.2) is 67.3 Å². The van der Waals surface area contributed by atoms with Gasteiger partial charge >= 0.3 is 6.18 Å². The molecular weight excluding hydrogens is 491 g/mol. The van der Waals surface area contributed by atoms with Crippen LogP contribution in [0.4, 0.5) is 30.6 Å². The van der Waals surface area contributed by atoms with E-state index in [4.69, 9.17) is 4.98 Å². The van der Waals surface area contributed by atoms with Gasteiger partial charge in [0.15, 0.2) is 0 Å². The first-order chi connectivity index (χ1) is 18.2. The standard InChI is InChI=1S/C28H26F3N7/c1-16-8-9-18(25-32-14-23(35-25)21-6-4-5-7-22(21)28(29,30)31)12-24(16)38-15-19-13-33-27(34-20-10-11-20)36-26(19)37(3)17(38)2/h4-9,12-14,20H,2,10-11,15H2,1,3H3,(H,32,35)(H,33,34,36). The van der Waals surface area contributed by atoms with Crippen molar-refractivity contribution in [3.63, 3.8) is 0 Å². The molecular formula is C28H26F3N7. The second kappa shape index (κ2) is 8.90. The molecule has 1 saturated carbocycles. The van der Waals surface area contributed by atoms with E-state index >= 15 is 0 Å². The highest BCUT2D eigenvalue weighted by Crippen LogP contribution is 2.39. The molecule has 7 nitrogen and oxygen atoms in total. The van der Waals surface area contributed by atoms with E-state index in [-0.39, 0.29) is 5.56 Å². The maximum atomic E-state index is 13.6. The van der Waals surface area contributed by atoms with Gasteiger partial charge in [0, 0.05) is 41.7 Å². The smallest absolute Gasteiger partial charge is 0.351 e. The molecule has 0 saturated heterocycles. The second-order valence-electron chi connectivity index (χ2n) is 9.71. The lowest BCUT2D eigenvalue weighted by atomic mass is 10.0. The van der Waals surface area contributed by atoms with Gasteiger partial charge in [0.1, 0.15) is 17.5 Å². The highest BCUT2D eigenvalue weighted by molar-refractivity contribution is 5.74. The molecule has 194 valence electrons. The molecule has 1 fully saturated rings. The molecule has 0 unspecified atom stereocenters. The predicted octanol–water partition coefficient (Wildman–Crippen LogP) is 6.36. The van der Waals surface area contributed by atoms with E-state index in [0.29, 0.717) is 30.1 Å². The number of hydrogen-bond donors (Lipinski definition) is 2. The fraction of sp³-hybridized carbons (Fsp3) is 0.250. The number of hydrogen-bond acceptors (Lipinski definition) is 6. The fourth-order valence-corrected chi connectivity index (χ4v) is 4.69. The Morgan fingerprint density at radius 2 is 1.87 bits per heavy atom. The minimum absolute atomic E-state index is 0.0595. The number of imidazole rings is 1. The summed E-state index contributed by atoms with van der Waals surface area (Å²) in [6, 6.07) is 11.8. The summed E-state index contributed by atoms with van der Waals surface area (Å²) in [4.78, 5) is 20.7. The minimum Gasteiger partial charge on any atom is -0.351 e. The Kier molecular flexibility index (Phi) is 5.62. The third-order valence-electron chi connectivity index (χ3n) is 6.97. The van der Waals surface area contributed by atoms with Crippen LogP contribution in [-0.4, -0.2) is 33.0 Å². The molecule has 1 aliphatic carbocycles. The molecule has 38 heavy (non-hydrogen) atoms. The first-order valence-electron chi connectivity index (χ1n) is 12.3. The first kappa shape index (κ1) is 24.0. The van der Waals surface area contributed by atoms with E-state index in [1.54, 1.807) is 6.07 Å². The van der Waals surface area contributed by atoms with Crippen LogP contribution in [0.1, 0.15) is 29.5 Å². The molecule has 2 N–H and O–H groups in total. The van der Waals surface area contributed by atoms with Crippen LogP contribution in [0, 0.1) is 6.92 Å². The summed E-state index contributed by atoms with van der Waals surface area (Å²) < 4.78 is 40.7. The number of rotatable bonds is 5. The van der Waals surface area contributed by atoms with Gasteiger partial charge < -0.3 is 20.1 Å². The summed E-state index contributed by atoms with van der Waals surface area (Å²) in [5.41, 5.74) is 3.32. The Hall–Kier alpha value is -4.34. The summed E-state index contributed by atoms with van der Waals surface area (Å²) in [6.07, 6.45) is 1.10. The van der Waals surface area contributed by atoms with Gasteiger partial charge in [-0.2, -0.15) is 18.2 Å². The molecule has 2 aromatic heterocycles. The highest BCUT2D eigenvalue weighted by Gasteiger charge is 2.34. The van der Waals surface area contributed by atoms with Crippen molar-refractivity contribution in [2.75, 3.05) is 22.2 Å². The lowest BCUT2D eigenvalue weighted by Crippen LogP contribution is -2.38. The normalized spacial score (nSPS) is 15.6. The molecule has 0 spiro atoms. The number of nitrogens with one attached hydrogen (secondary N) is 2. The molecule has 2 aliphatic rings. The monoisotopic (exact) mass is 517 g/mol. The Balaban J connectivity index is 1.32. The average molecular weight is 518 g/mol. The average Bonchev–Trinajstić information content (AvgIpc) is 3.58. The number of aromatic amines is 1. The van der Waals surface area contributed by atoms with Gasteiger partial charge in [0.2, 0.25) is 5.95 Å². The number of benzene rings is 2. The van der Waals surface area contributed by atoms with E-state index in [9.17, 15) is 13.2 Å². The van der Waals surface area contributed by atoms with E-state index in [0.717, 1.165) is 52.9 Å². The third-order valence-corrected chi connectivity index (χ3v) is 6.97. The molecule has 0 bridgehead atoms. The quantitative estimate of drug-likeness (QED) is 0.321. The summed E-state index contributed by atoms with van der Waals surface area (Å²) in [5.74, 6) is 2.68. The Morgan fingerprint density at radius 1 is 1.08 bits per heavy atom. The van der Waals surface area contributed by atoms with Crippen LogP contribution in [-0.2, 0) is 12.7 Å². The van der Waals surface area contributed by atoms with Crippen LogP contribution in [0.2, 0.25) is 0 Å². The van der Waals surface area contributed by atoms with Crippen molar-refractivity contribution in [2.45, 2.75) is 38.5 Å². The molecule has 2 aromatic carbocycles. The third kappa shape index (κ3) is 4.36. The highest BCUT2D eigenvalue weighted by atomic mass is 19.4. The van der Waals surface area contributed by atoms with Crippen LogP contribution in [0.25, 0.3) is 22.6 Å². The van der Waals surface area contributed by atoms with Gasteiger partial charge in [0.05, 0.1) is 24.0 Å². The van der Waals surface area contributed by atoms with E-state index in [1.807, 2.05) is 43.3 Å². The number of H-pyrrole nitrogens is 1. The predicted molar refractivity (Wildman–Crippen MR) is 142 cm³/mol. The second-order valence-corrected chi connectivity index (χ2v) is 9.71. The molecule has 10 heteroatoms. The summed E-state index contributed by atoms with van der Waals surface area (Å²) in [5, 5.41) is 3.34. The summed E-state index contributed by atoms with van der Waals surface area (Å²) >= 11 is 0. The van der Waals surface area contributed by atoms with Gasteiger partial charge in [-0.05, 0) is 37.5 Å². The lowest BCUT2D eigenvalue weighted by molar-refractivity contribution is -0.137. The molecule has 0 amide bonds. The first-order valence-corrected chi connectivity index (χ1v) is 12.3. The molecule has 0 radical (unpaired) electrons. The summed E-state index contributed by atoms with van der Waals surface area (Å²) in [6.45, 7) is 6.86. The van der Waals surface area contributed by atoms with Crippen molar-refractivity contribution < 1.29 is 13.2 Å². The van der Waals surface area contributed by atoms with Crippen molar-refractivity contribution in [2.24, 2.45) is 0 Å². The SMILES string of the molecule is C=C1N(C)c2nc(NC3CC3)ncc2CN1c1cc(-c2ncc(-c3ccccc3C(F)(F)F)[nH]2)ccc1C. The summed E-state index contributed by atoms with van der Waals surface area (Å²) in [7, 11) is 1.93. The van der Waals surface area contributed by atoms with Crippen molar-refractivity contribution in [3.05, 3.63) is 83.9 Å². The maximum Gasteiger partial charge on any atom is 0.417 e. The van der Waals surface area contributed by atoms with E-state index in [1.165, 1.54) is 18.3 Å². The van der Waals surface area contributed by atoms with Crippen molar-refractivity contribution in [3.8, 4) is 22.6 Å². The zero-order valence-electron chi connectivity index (χ0n) is 21.0. The van der Waals surface area contributed by atoms with E-state index in [2.05, 4.69) is 31.7 Å². The zero-order valence-corrected chi connectivity index (χ0v) is 21.0. The Labute approximate surface area is 218 Å². The molecule has 6 rings (SSSR count). The van der Waals surface area contributed by atoms with Gasteiger partial charge in [-0.3, -0.25) is 0 Å². The molecule has 3 heterocycles. The van der Waals surface area contributed by atoms with Gasteiger partial charge in [0.25, 0.3) is 0 Å². The number of halogens is 3. The van der Waals surface area contributed by atoms with Gasteiger partial charge in [-0.25, -0.2) is 9.97 Å². The maximum absolute atomic E-state index is 13.6. The molecule has 4 aromatic rings. The van der Waals surface area contributed by atoms with Crippen molar-refractivity contribution in [1.29, 1.82) is 0 Å². The van der Waals surface area contributed by atoms with Gasteiger partial charge in [-0.1, -0.05) is 36.9 Å². The molecule has 1 aliphatic heterocycles. The van der Waals surface area contributed by atoms with Crippen LogP contribution < -0.4 is 15.1 Å². The Morgan fingerprint density at radius 3 is 2.63 bits per heavy atom.